The maximum atomic E-state index is 5.27. The molecule has 0 aliphatic rings. The lowest BCUT2D eigenvalue weighted by molar-refractivity contribution is 1.06. The lowest BCUT2D eigenvalue weighted by Crippen LogP contribution is -2.04. The molecule has 0 bridgehead atoms. The van der Waals surface area contributed by atoms with Crippen LogP contribution in [0.4, 0.5) is 0 Å². The van der Waals surface area contributed by atoms with Crippen LogP contribution >= 0.6 is 0 Å². The van der Waals surface area contributed by atoms with Gasteiger partial charge in [-0.05, 0) is 70.1 Å². The second kappa shape index (κ2) is 15.4. The molecule has 308 valence electrons. The van der Waals surface area contributed by atoms with E-state index < -0.39 is 0 Å². The molecular weight excluding hydrogens is 803 g/mol. The quantitative estimate of drug-likeness (QED) is 0.161. The zero-order valence-corrected chi connectivity index (χ0v) is 35.8. The number of fused-ring (bicyclic) bond motifs is 8. The van der Waals surface area contributed by atoms with Gasteiger partial charge in [0.15, 0.2) is 17.5 Å². The van der Waals surface area contributed by atoms with Crippen LogP contribution in [0.5, 0.6) is 0 Å². The van der Waals surface area contributed by atoms with Crippen molar-refractivity contribution in [2.75, 3.05) is 0 Å². The zero-order valence-electron chi connectivity index (χ0n) is 35.8. The van der Waals surface area contributed by atoms with Gasteiger partial charge in [0, 0.05) is 49.3 Å². The Morgan fingerprint density at radius 3 is 1.47 bits per heavy atom. The highest BCUT2D eigenvalue weighted by Gasteiger charge is 2.24. The van der Waals surface area contributed by atoms with E-state index in [2.05, 4.69) is 209 Å². The predicted octanol–water partition coefficient (Wildman–Crippen LogP) is 15.6. The Labute approximate surface area is 381 Å². The van der Waals surface area contributed by atoms with Gasteiger partial charge in [-0.1, -0.05) is 194 Å². The fraction of sp³-hybridized carbons (Fsp3) is 0. The van der Waals surface area contributed by atoms with Crippen LogP contribution in [0.15, 0.2) is 237 Å². The average Bonchev–Trinajstić information content (AvgIpc) is 3.93. The SMILES string of the molecule is c1ccc(-c2ccc(-c3nc(-c4ccccc4)nc(-c4ccccc4)n3)c(-n3c4ccccc4c4c(-c5cccc6c5c5ccc7ccccc7c5n6-c5ccccc5)cccc43)c2)cc1. The van der Waals surface area contributed by atoms with E-state index in [0.717, 1.165) is 50.2 Å². The van der Waals surface area contributed by atoms with Crippen molar-refractivity contribution in [3.05, 3.63) is 237 Å². The largest absolute Gasteiger partial charge is 0.309 e. The predicted molar refractivity (Wildman–Crippen MR) is 273 cm³/mol. The first kappa shape index (κ1) is 37.6. The molecule has 5 nitrogen and oxygen atoms in total. The van der Waals surface area contributed by atoms with Crippen LogP contribution in [-0.4, -0.2) is 24.1 Å². The zero-order chi connectivity index (χ0) is 43.6. The third kappa shape index (κ3) is 6.05. The van der Waals surface area contributed by atoms with E-state index >= 15 is 0 Å². The van der Waals surface area contributed by atoms with Crippen molar-refractivity contribution in [3.63, 3.8) is 0 Å². The molecule has 0 fully saturated rings. The second-order valence-electron chi connectivity index (χ2n) is 16.7. The van der Waals surface area contributed by atoms with Crippen molar-refractivity contribution in [3.8, 4) is 67.8 Å². The molecule has 5 heteroatoms. The van der Waals surface area contributed by atoms with E-state index in [9.17, 15) is 0 Å². The van der Waals surface area contributed by atoms with Crippen molar-refractivity contribution in [2.45, 2.75) is 0 Å². The van der Waals surface area contributed by atoms with Crippen LogP contribution in [0.2, 0.25) is 0 Å². The summed E-state index contributed by atoms with van der Waals surface area (Å²) in [4.78, 5) is 15.6. The summed E-state index contributed by atoms with van der Waals surface area (Å²) in [6.45, 7) is 0. The monoisotopic (exact) mass is 841 g/mol. The molecule has 3 aromatic heterocycles. The summed E-state index contributed by atoms with van der Waals surface area (Å²) in [6, 6.07) is 84.1. The van der Waals surface area contributed by atoms with E-state index in [4.69, 9.17) is 15.0 Å². The summed E-state index contributed by atoms with van der Waals surface area (Å²) < 4.78 is 4.87. The molecule has 0 unspecified atom stereocenters. The van der Waals surface area contributed by atoms with Crippen LogP contribution in [0.3, 0.4) is 0 Å². The van der Waals surface area contributed by atoms with Gasteiger partial charge in [-0.25, -0.2) is 15.0 Å². The number of hydrogen-bond acceptors (Lipinski definition) is 3. The van der Waals surface area contributed by atoms with Crippen LogP contribution in [0.1, 0.15) is 0 Å². The minimum atomic E-state index is 0.602. The van der Waals surface area contributed by atoms with Crippen molar-refractivity contribution in [1.82, 2.24) is 24.1 Å². The summed E-state index contributed by atoms with van der Waals surface area (Å²) in [5, 5.41) is 7.24. The number of hydrogen-bond donors (Lipinski definition) is 0. The molecule has 13 rings (SSSR count). The number of benzene rings is 10. The van der Waals surface area contributed by atoms with Gasteiger partial charge in [0.25, 0.3) is 0 Å². The molecule has 0 spiro atoms. The Hall–Kier alpha value is -8.93. The molecule has 10 aromatic carbocycles. The summed E-state index contributed by atoms with van der Waals surface area (Å²) in [5.41, 5.74) is 14.0. The van der Waals surface area contributed by atoms with Gasteiger partial charge in [-0.3, -0.25) is 0 Å². The second-order valence-corrected chi connectivity index (χ2v) is 16.7. The first-order valence-corrected chi connectivity index (χ1v) is 22.4. The molecule has 3 heterocycles. The highest BCUT2D eigenvalue weighted by atomic mass is 15.1. The smallest absolute Gasteiger partial charge is 0.166 e. The summed E-state index contributed by atoms with van der Waals surface area (Å²) in [5.74, 6) is 1.85. The Balaban J connectivity index is 1.11. The normalized spacial score (nSPS) is 11.6. The minimum Gasteiger partial charge on any atom is -0.309 e. The topological polar surface area (TPSA) is 48.5 Å². The number of para-hydroxylation sites is 2. The van der Waals surface area contributed by atoms with Gasteiger partial charge in [-0.15, -0.1) is 0 Å². The Morgan fingerprint density at radius 1 is 0.288 bits per heavy atom. The Kier molecular flexibility index (Phi) is 8.78. The van der Waals surface area contributed by atoms with Gasteiger partial charge >= 0.3 is 0 Å². The molecule has 0 aliphatic heterocycles. The summed E-state index contributed by atoms with van der Waals surface area (Å²) >= 11 is 0. The third-order valence-corrected chi connectivity index (χ3v) is 13.0. The average molecular weight is 842 g/mol. The maximum Gasteiger partial charge on any atom is 0.166 e. The van der Waals surface area contributed by atoms with E-state index in [1.807, 2.05) is 36.4 Å². The molecule has 13 aromatic rings. The Bertz CT molecular complexity index is 3910. The van der Waals surface area contributed by atoms with E-state index in [1.165, 1.54) is 54.5 Å². The van der Waals surface area contributed by atoms with Gasteiger partial charge in [-0.2, -0.15) is 0 Å². The van der Waals surface area contributed by atoms with Crippen molar-refractivity contribution >= 4 is 54.4 Å². The molecule has 0 N–H and O–H groups in total. The molecule has 0 amide bonds. The van der Waals surface area contributed by atoms with Crippen molar-refractivity contribution in [1.29, 1.82) is 0 Å². The van der Waals surface area contributed by atoms with Gasteiger partial charge in [0.1, 0.15) is 0 Å². The molecule has 0 atom stereocenters. The number of nitrogens with zero attached hydrogens (tertiary/aromatic N) is 5. The molecular formula is C61H39N5. The third-order valence-electron chi connectivity index (χ3n) is 13.0. The standard InChI is InChI=1S/C61H39N5/c1-5-19-40(20-6-1)44-36-37-50(61-63-59(42-22-7-2-8-23-42)62-60(64-61)43-24-9-3-10-25-43)55(39-44)66-52-32-16-15-29-49(52)56-47(30-18-34-54(56)66)48-31-17-33-53-57(48)51-38-35-41-21-13-14-28-46(41)58(51)65(53)45-26-11-4-12-27-45/h1-39H. The highest BCUT2D eigenvalue weighted by molar-refractivity contribution is 6.25. The van der Waals surface area contributed by atoms with Crippen molar-refractivity contribution < 1.29 is 0 Å². The van der Waals surface area contributed by atoms with Crippen LogP contribution in [0, 0.1) is 0 Å². The summed E-state index contributed by atoms with van der Waals surface area (Å²) in [6.07, 6.45) is 0. The summed E-state index contributed by atoms with van der Waals surface area (Å²) in [7, 11) is 0. The van der Waals surface area contributed by atoms with Crippen LogP contribution in [-0.2, 0) is 0 Å². The lowest BCUT2D eigenvalue weighted by atomic mass is 9.95. The first-order chi connectivity index (χ1) is 32.8. The molecule has 0 saturated carbocycles. The minimum absolute atomic E-state index is 0.602. The molecule has 0 radical (unpaired) electrons. The first-order valence-electron chi connectivity index (χ1n) is 22.4. The molecule has 66 heavy (non-hydrogen) atoms. The van der Waals surface area contributed by atoms with Crippen LogP contribution in [0.25, 0.3) is 122 Å². The lowest BCUT2D eigenvalue weighted by Gasteiger charge is -2.16. The van der Waals surface area contributed by atoms with E-state index in [-0.39, 0.29) is 0 Å². The fourth-order valence-electron chi connectivity index (χ4n) is 10.0. The molecule has 0 aliphatic carbocycles. The number of rotatable bonds is 7. The highest BCUT2D eigenvalue weighted by Crippen LogP contribution is 2.46. The van der Waals surface area contributed by atoms with Gasteiger partial charge < -0.3 is 9.13 Å². The maximum absolute atomic E-state index is 5.27. The van der Waals surface area contributed by atoms with Crippen LogP contribution < -0.4 is 0 Å². The van der Waals surface area contributed by atoms with Crippen molar-refractivity contribution in [2.24, 2.45) is 0 Å². The molecule has 0 saturated heterocycles. The van der Waals surface area contributed by atoms with Gasteiger partial charge in [0.2, 0.25) is 0 Å². The Morgan fingerprint density at radius 2 is 0.803 bits per heavy atom. The van der Waals surface area contributed by atoms with E-state index in [1.54, 1.807) is 0 Å². The van der Waals surface area contributed by atoms with E-state index in [0.29, 0.717) is 17.5 Å². The fourth-order valence-corrected chi connectivity index (χ4v) is 10.0. The van der Waals surface area contributed by atoms with Gasteiger partial charge in [0.05, 0.1) is 27.8 Å². The number of aromatic nitrogens is 5.